The fourth-order valence-corrected chi connectivity index (χ4v) is 8.39. The number of piperazine rings is 1. The Kier molecular flexibility index (Phi) is 12.0. The molecule has 5 aliphatic rings. The topological polar surface area (TPSA) is 147 Å². The van der Waals surface area contributed by atoms with Crippen molar-refractivity contribution >= 4 is 34.5 Å². The molecule has 1 saturated carbocycles. The number of anilines is 1. The molecule has 0 unspecified atom stereocenters. The van der Waals surface area contributed by atoms with Crippen molar-refractivity contribution in [2.45, 2.75) is 110 Å². The van der Waals surface area contributed by atoms with Gasteiger partial charge in [-0.25, -0.2) is 9.18 Å². The van der Waals surface area contributed by atoms with E-state index in [9.17, 15) is 33.8 Å². The number of aromatic nitrogens is 1. The molecular formula is C42H56FN3O8. The highest BCUT2D eigenvalue weighted by atomic mass is 19.1. The first-order chi connectivity index (χ1) is 25.7. The van der Waals surface area contributed by atoms with Gasteiger partial charge in [0.15, 0.2) is 0 Å². The number of cyclic esters (lactones) is 1. The van der Waals surface area contributed by atoms with Crippen LogP contribution in [-0.2, 0) is 19.1 Å². The number of aliphatic hydroxyl groups is 1. The largest absolute Gasteiger partial charge is 0.477 e. The third kappa shape index (κ3) is 8.75. The summed E-state index contributed by atoms with van der Waals surface area (Å²) in [7, 11) is 0. The molecule has 12 heteroatoms. The van der Waals surface area contributed by atoms with Gasteiger partial charge in [0, 0.05) is 56.1 Å². The highest BCUT2D eigenvalue weighted by Gasteiger charge is 2.43. The van der Waals surface area contributed by atoms with Crippen molar-refractivity contribution in [2.24, 2.45) is 29.1 Å². The third-order valence-electron chi connectivity index (χ3n) is 12.1. The van der Waals surface area contributed by atoms with E-state index >= 15 is 0 Å². The number of nitrogens with one attached hydrogen (secondary N) is 1. The second kappa shape index (κ2) is 16.4. The summed E-state index contributed by atoms with van der Waals surface area (Å²) in [4.78, 5) is 50.3. The Morgan fingerprint density at radius 3 is 2.46 bits per heavy atom. The van der Waals surface area contributed by atoms with Crippen LogP contribution in [0.4, 0.5) is 10.1 Å². The number of carboxylic acids is 1. The van der Waals surface area contributed by atoms with Crippen molar-refractivity contribution < 1.29 is 38.5 Å². The van der Waals surface area contributed by atoms with Crippen LogP contribution in [-0.4, -0.2) is 77.2 Å². The van der Waals surface area contributed by atoms with Gasteiger partial charge in [-0.15, -0.1) is 0 Å². The van der Waals surface area contributed by atoms with Crippen LogP contribution in [0.2, 0.25) is 0 Å². The Morgan fingerprint density at radius 1 is 1.09 bits per heavy atom. The van der Waals surface area contributed by atoms with Crippen LogP contribution in [0.1, 0.15) is 102 Å². The van der Waals surface area contributed by atoms with Crippen molar-refractivity contribution in [1.29, 1.82) is 0 Å². The molecule has 11 nitrogen and oxygen atoms in total. The zero-order valence-corrected chi connectivity index (χ0v) is 32.2. The van der Waals surface area contributed by atoms with Gasteiger partial charge < -0.3 is 34.5 Å². The number of benzene rings is 1. The number of aromatic carboxylic acids is 1. The second-order valence-corrected chi connectivity index (χ2v) is 16.6. The van der Waals surface area contributed by atoms with E-state index in [1.165, 1.54) is 17.8 Å². The monoisotopic (exact) mass is 749 g/mol. The molecule has 0 amide bonds. The molecule has 3 aliphatic carbocycles. The normalized spacial score (nSPS) is 28.4. The number of aliphatic hydroxyl groups excluding tert-OH is 1. The fourth-order valence-electron chi connectivity index (χ4n) is 8.39. The number of hydrogen-bond acceptors (Lipinski definition) is 9. The number of pyridine rings is 1. The molecule has 54 heavy (non-hydrogen) atoms. The summed E-state index contributed by atoms with van der Waals surface area (Å²) < 4.78 is 28.1. The summed E-state index contributed by atoms with van der Waals surface area (Å²) in [5.41, 5.74) is 0.944. The molecule has 2 aliphatic heterocycles. The number of nitrogens with zero attached hydrogens (tertiary/aromatic N) is 2. The Labute approximate surface area is 316 Å². The summed E-state index contributed by atoms with van der Waals surface area (Å²) >= 11 is 0. The van der Waals surface area contributed by atoms with Gasteiger partial charge in [0.05, 0.1) is 29.1 Å². The van der Waals surface area contributed by atoms with E-state index in [2.05, 4.69) is 37.4 Å². The molecule has 0 bridgehead atoms. The van der Waals surface area contributed by atoms with Gasteiger partial charge in [-0.1, -0.05) is 39.0 Å². The van der Waals surface area contributed by atoms with Crippen molar-refractivity contribution in [1.82, 2.24) is 9.88 Å². The summed E-state index contributed by atoms with van der Waals surface area (Å²) in [5.74, 6) is -0.979. The van der Waals surface area contributed by atoms with E-state index in [1.807, 2.05) is 30.2 Å². The summed E-state index contributed by atoms with van der Waals surface area (Å²) in [6, 6.07) is 3.08. The highest BCUT2D eigenvalue weighted by molar-refractivity contribution is 5.93. The van der Waals surface area contributed by atoms with Gasteiger partial charge >= 0.3 is 17.9 Å². The van der Waals surface area contributed by atoms with E-state index in [4.69, 9.17) is 9.47 Å². The number of allylic oxidation sites excluding steroid dienone is 3. The molecular weight excluding hydrogens is 693 g/mol. The smallest absolute Gasteiger partial charge is 0.341 e. The lowest BCUT2D eigenvalue weighted by atomic mass is 9.65. The lowest BCUT2D eigenvalue weighted by Crippen LogP contribution is -2.43. The Hall–Kier alpha value is -4.03. The Morgan fingerprint density at radius 2 is 1.81 bits per heavy atom. The van der Waals surface area contributed by atoms with E-state index in [-0.39, 0.29) is 53.5 Å². The maximum atomic E-state index is 14.6. The standard InChI is InChI=1S/C25H38O5.C17H18FN3O3/c1-6-25(4,5)24(28)30-21-12-15(2)11-17-8-7-16(3)20(23(17)21)10-9-19-13-18(26)14-22(27)29-19;18-13-7-11-14(8-15(13)20-5-3-19-4-6-20)21(10-1-2-10)9-12(16(11)22)17(23)24/h7-8,11,15-16,18-21,23,26H,6,9-10,12-14H2,1-5H3;7-10,19H,1-6H2,(H,23,24)/t15-,16-,18+,19+,20-,21-,23-;/m0./s1. The molecule has 7 atom stereocenters. The molecule has 2 aromatic rings. The minimum absolute atomic E-state index is 0.0949. The van der Waals surface area contributed by atoms with Crippen molar-refractivity contribution in [3.63, 3.8) is 0 Å². The molecule has 0 spiro atoms. The Balaban J connectivity index is 0.000000188. The van der Waals surface area contributed by atoms with Crippen LogP contribution in [0.15, 0.2) is 46.9 Å². The first-order valence-corrected chi connectivity index (χ1v) is 19.7. The zero-order valence-electron chi connectivity index (χ0n) is 32.2. The van der Waals surface area contributed by atoms with E-state index < -0.39 is 28.7 Å². The minimum Gasteiger partial charge on any atom is -0.477 e. The van der Waals surface area contributed by atoms with Gasteiger partial charge in [0.25, 0.3) is 0 Å². The van der Waals surface area contributed by atoms with Crippen molar-refractivity contribution in [3.05, 3.63) is 63.7 Å². The van der Waals surface area contributed by atoms with Crippen LogP contribution in [0.5, 0.6) is 0 Å². The van der Waals surface area contributed by atoms with E-state index in [0.717, 1.165) is 51.6 Å². The number of rotatable bonds is 9. The number of hydrogen-bond donors (Lipinski definition) is 3. The number of carbonyl (C=O) groups excluding carboxylic acids is 2. The molecule has 3 fully saturated rings. The first-order valence-electron chi connectivity index (χ1n) is 19.7. The molecule has 2 saturated heterocycles. The predicted octanol–water partition coefficient (Wildman–Crippen LogP) is 6.17. The van der Waals surface area contributed by atoms with Crippen LogP contribution < -0.4 is 15.6 Å². The Bertz CT molecular complexity index is 1860. The lowest BCUT2D eigenvalue weighted by Gasteiger charge is -2.44. The highest BCUT2D eigenvalue weighted by Crippen LogP contribution is 2.46. The molecule has 1 aromatic heterocycles. The molecule has 3 heterocycles. The quantitative estimate of drug-likeness (QED) is 0.255. The van der Waals surface area contributed by atoms with E-state index in [1.54, 1.807) is 6.07 Å². The van der Waals surface area contributed by atoms with Crippen molar-refractivity contribution in [3.8, 4) is 0 Å². The third-order valence-corrected chi connectivity index (χ3v) is 12.1. The van der Waals surface area contributed by atoms with Crippen LogP contribution in [0.25, 0.3) is 10.9 Å². The lowest BCUT2D eigenvalue weighted by molar-refractivity contribution is -0.166. The zero-order chi connectivity index (χ0) is 38.9. The number of carbonyl (C=O) groups is 3. The molecule has 294 valence electrons. The molecule has 7 rings (SSSR count). The van der Waals surface area contributed by atoms with Crippen LogP contribution >= 0.6 is 0 Å². The first kappa shape index (κ1) is 39.7. The molecule has 0 radical (unpaired) electrons. The number of carboxylic acid groups (broad SMARTS) is 1. The fraction of sp³-hybridized carbons (Fsp3) is 0.619. The van der Waals surface area contributed by atoms with Gasteiger partial charge in [-0.2, -0.15) is 0 Å². The average Bonchev–Trinajstić information content (AvgIpc) is 3.97. The number of halogens is 1. The summed E-state index contributed by atoms with van der Waals surface area (Å²) in [5, 5.41) is 22.5. The average molecular weight is 750 g/mol. The van der Waals surface area contributed by atoms with Crippen LogP contribution in [0, 0.1) is 34.9 Å². The summed E-state index contributed by atoms with van der Waals surface area (Å²) in [6.07, 6.45) is 12.9. The van der Waals surface area contributed by atoms with Crippen molar-refractivity contribution in [2.75, 3.05) is 31.1 Å². The minimum atomic E-state index is -1.28. The second-order valence-electron chi connectivity index (χ2n) is 16.6. The van der Waals surface area contributed by atoms with Gasteiger partial charge in [-0.3, -0.25) is 14.4 Å². The number of ether oxygens (including phenoxy) is 2. The van der Waals surface area contributed by atoms with Gasteiger partial charge in [-0.05, 0) is 87.8 Å². The predicted molar refractivity (Wildman–Crippen MR) is 204 cm³/mol. The number of esters is 2. The maximum absolute atomic E-state index is 14.6. The SMILES string of the molecule is CCC(C)(C)C(=O)O[C@H]1C[C@@H](C)C=C2C=C[C@H](C)[C@H](CC[C@@H]3C[C@@H](O)CC(=O)O3)[C@H]21.O=C(O)c1cn(C2CC2)c2cc(N3CCNCC3)c(F)cc2c1=O. The molecule has 1 aromatic carbocycles. The van der Waals surface area contributed by atoms with E-state index in [0.29, 0.717) is 48.5 Å². The summed E-state index contributed by atoms with van der Waals surface area (Å²) in [6.45, 7) is 13.3. The van der Waals surface area contributed by atoms with Gasteiger partial charge in [0.1, 0.15) is 23.6 Å². The molecule has 3 N–H and O–H groups in total. The number of fused-ring (bicyclic) bond motifs is 2. The maximum Gasteiger partial charge on any atom is 0.341 e. The van der Waals surface area contributed by atoms with Gasteiger partial charge in [0.2, 0.25) is 5.43 Å². The van der Waals surface area contributed by atoms with Crippen LogP contribution in [0.3, 0.4) is 0 Å².